The number of hydrogen-bond donors (Lipinski definition) is 0. The third kappa shape index (κ3) is 5.91. The number of fused-ring (bicyclic) bond motifs is 7. The second-order valence-corrected chi connectivity index (χ2v) is 17.8. The lowest BCUT2D eigenvalue weighted by Crippen LogP contribution is -2.33. The minimum Gasteiger partial charge on any atom is -0.338 e. The fourth-order valence-corrected chi connectivity index (χ4v) is 10.6. The molecule has 1 aliphatic carbocycles. The number of anilines is 4. The highest BCUT2D eigenvalue weighted by Gasteiger charge is 2.37. The van der Waals surface area contributed by atoms with Crippen LogP contribution in [-0.2, 0) is 18.3 Å². The van der Waals surface area contributed by atoms with E-state index < -0.39 is 0 Å². The van der Waals surface area contributed by atoms with E-state index in [0.29, 0.717) is 12.1 Å². The highest BCUT2D eigenvalue weighted by atomic mass is 15.2. The summed E-state index contributed by atoms with van der Waals surface area (Å²) in [7, 11) is 0. The molecule has 3 aliphatic rings. The zero-order valence-corrected chi connectivity index (χ0v) is 34.5. The maximum Gasteiger partial charge on any atom is 0.0445 e. The molecule has 2 nitrogen and oxygen atoms in total. The first-order chi connectivity index (χ1) is 28.8. The summed E-state index contributed by atoms with van der Waals surface area (Å²) in [5.41, 5.74) is 18.6. The molecule has 2 heteroatoms. The summed E-state index contributed by atoms with van der Waals surface area (Å²) in [4.78, 5) is 5.09. The molecular weight excluding hydrogens is 713 g/mol. The molecule has 0 aromatic heterocycles. The van der Waals surface area contributed by atoms with Gasteiger partial charge in [0.1, 0.15) is 0 Å². The van der Waals surface area contributed by atoms with Crippen LogP contribution in [0, 0.1) is 0 Å². The molecule has 8 aromatic carbocycles. The van der Waals surface area contributed by atoms with Gasteiger partial charge in [0.05, 0.1) is 0 Å². The molecule has 2 atom stereocenters. The summed E-state index contributed by atoms with van der Waals surface area (Å²) >= 11 is 0. The molecule has 0 radical (unpaired) electrons. The van der Waals surface area contributed by atoms with Crippen LogP contribution in [-0.4, -0.2) is 12.1 Å². The van der Waals surface area contributed by atoms with Crippen LogP contribution < -0.4 is 9.80 Å². The van der Waals surface area contributed by atoms with Gasteiger partial charge in [-0.2, -0.15) is 0 Å². The monoisotopic (exact) mass is 762 g/mol. The average molecular weight is 763 g/mol. The molecule has 0 bridgehead atoms. The highest BCUT2D eigenvalue weighted by Crippen LogP contribution is 2.51. The minimum atomic E-state index is -0.101. The molecular formula is C57H50N2. The van der Waals surface area contributed by atoms with Crippen molar-refractivity contribution in [1.29, 1.82) is 0 Å². The Kier molecular flexibility index (Phi) is 8.41. The zero-order valence-electron chi connectivity index (χ0n) is 34.5. The molecule has 8 aromatic rings. The largest absolute Gasteiger partial charge is 0.338 e. The first kappa shape index (κ1) is 35.8. The van der Waals surface area contributed by atoms with Crippen LogP contribution in [0.4, 0.5) is 22.7 Å². The lowest BCUT2D eigenvalue weighted by atomic mass is 9.81. The van der Waals surface area contributed by atoms with Crippen molar-refractivity contribution in [3.63, 3.8) is 0 Å². The Hall–Kier alpha value is -6.38. The molecule has 0 fully saturated rings. The fourth-order valence-electron chi connectivity index (χ4n) is 10.6. The van der Waals surface area contributed by atoms with Crippen molar-refractivity contribution in [3.05, 3.63) is 191 Å². The number of nitrogens with zero attached hydrogens (tertiary/aromatic N) is 2. The van der Waals surface area contributed by atoms with Gasteiger partial charge in [-0.15, -0.1) is 0 Å². The van der Waals surface area contributed by atoms with Crippen molar-refractivity contribution in [1.82, 2.24) is 0 Å². The fraction of sp³-hybridized carbons (Fsp3) is 0.193. The number of benzene rings is 8. The summed E-state index contributed by atoms with van der Waals surface area (Å²) in [5, 5.41) is 5.08. The van der Waals surface area contributed by atoms with E-state index in [4.69, 9.17) is 0 Å². The number of para-hydroxylation sites is 2. The smallest absolute Gasteiger partial charge is 0.0445 e. The van der Waals surface area contributed by atoms with E-state index in [1.54, 1.807) is 0 Å². The second-order valence-electron chi connectivity index (χ2n) is 17.8. The van der Waals surface area contributed by atoms with Gasteiger partial charge in [-0.05, 0) is 159 Å². The Morgan fingerprint density at radius 2 is 1.05 bits per heavy atom. The number of aryl methyl sites for hydroxylation is 2. The zero-order chi connectivity index (χ0) is 39.8. The molecule has 288 valence electrons. The van der Waals surface area contributed by atoms with Crippen LogP contribution >= 0.6 is 0 Å². The van der Waals surface area contributed by atoms with Gasteiger partial charge in [0.15, 0.2) is 0 Å². The van der Waals surface area contributed by atoms with E-state index in [1.165, 1.54) is 113 Å². The first-order valence-corrected chi connectivity index (χ1v) is 21.6. The Labute approximate surface area is 349 Å². The standard InChI is InChI=1S/C57H50N2/c1-37-17-21-41-11-5-9-15-55(41)58(37)46-28-26-43-34-45(25-24-44(43)35-46)49-31-27-40(48-13-7-8-14-50(48)49)23-19-39-20-30-51-52-32-29-47(36-54(52)57(3,4)53(51)33-39)59-38(2)18-22-42-12-6-10-16-56(42)59/h5-16,19-20,23-38H,17-18,21-22H2,1-4H3. The average Bonchev–Trinajstić information content (AvgIpc) is 3.49. The lowest BCUT2D eigenvalue weighted by molar-refractivity contribution is 0.616. The van der Waals surface area contributed by atoms with Gasteiger partial charge in [0.25, 0.3) is 0 Å². The van der Waals surface area contributed by atoms with E-state index >= 15 is 0 Å². The van der Waals surface area contributed by atoms with Gasteiger partial charge < -0.3 is 9.80 Å². The normalized spacial score (nSPS) is 17.9. The molecule has 0 saturated heterocycles. The summed E-state index contributed by atoms with van der Waals surface area (Å²) in [6, 6.07) is 60.4. The number of hydrogen-bond acceptors (Lipinski definition) is 2. The summed E-state index contributed by atoms with van der Waals surface area (Å²) in [5.74, 6) is 0. The molecule has 59 heavy (non-hydrogen) atoms. The van der Waals surface area contributed by atoms with E-state index in [1.807, 2.05) is 0 Å². The Bertz CT molecular complexity index is 2980. The molecule has 0 N–H and O–H groups in total. The van der Waals surface area contributed by atoms with Crippen LogP contribution in [0.1, 0.15) is 73.9 Å². The maximum atomic E-state index is 2.56. The van der Waals surface area contributed by atoms with Gasteiger partial charge in [-0.3, -0.25) is 0 Å². The van der Waals surface area contributed by atoms with E-state index in [2.05, 4.69) is 207 Å². The maximum absolute atomic E-state index is 2.56. The SMILES string of the molecule is CC1CCc2ccccc2N1c1ccc2c(c1)C(C)(C)c1cc(C=Cc3ccc(-c4ccc5cc(N6c7ccccc7CCC6C)ccc5c4)c4ccccc34)ccc1-2. The van der Waals surface area contributed by atoms with Gasteiger partial charge in [0, 0.05) is 40.2 Å². The lowest BCUT2D eigenvalue weighted by Gasteiger charge is -2.37. The minimum absolute atomic E-state index is 0.101. The molecule has 2 aliphatic heterocycles. The van der Waals surface area contributed by atoms with Crippen molar-refractivity contribution in [2.45, 2.75) is 70.9 Å². The second kappa shape index (κ2) is 13.9. The van der Waals surface area contributed by atoms with Crippen LogP contribution in [0.25, 0.3) is 56.0 Å². The number of rotatable bonds is 5. The molecule has 0 amide bonds. The molecule has 11 rings (SSSR count). The van der Waals surface area contributed by atoms with Gasteiger partial charge >= 0.3 is 0 Å². The van der Waals surface area contributed by atoms with Crippen LogP contribution in [0.2, 0.25) is 0 Å². The Balaban J connectivity index is 0.884. The first-order valence-electron chi connectivity index (χ1n) is 21.6. The summed E-state index contributed by atoms with van der Waals surface area (Å²) in [6.07, 6.45) is 9.23. The molecule has 2 unspecified atom stereocenters. The van der Waals surface area contributed by atoms with E-state index in [0.717, 1.165) is 12.8 Å². The van der Waals surface area contributed by atoms with Crippen LogP contribution in [0.15, 0.2) is 158 Å². The third-order valence-corrected chi connectivity index (χ3v) is 13.8. The topological polar surface area (TPSA) is 6.48 Å². The quantitative estimate of drug-likeness (QED) is 0.161. The van der Waals surface area contributed by atoms with Crippen LogP contribution in [0.3, 0.4) is 0 Å². The van der Waals surface area contributed by atoms with E-state index in [9.17, 15) is 0 Å². The highest BCUT2D eigenvalue weighted by molar-refractivity contribution is 6.04. The Morgan fingerprint density at radius 1 is 0.492 bits per heavy atom. The van der Waals surface area contributed by atoms with E-state index in [-0.39, 0.29) is 5.41 Å². The van der Waals surface area contributed by atoms with Gasteiger partial charge in [-0.25, -0.2) is 0 Å². The van der Waals surface area contributed by atoms with Crippen LogP contribution in [0.5, 0.6) is 0 Å². The molecule has 0 spiro atoms. The van der Waals surface area contributed by atoms with Gasteiger partial charge in [0.2, 0.25) is 0 Å². The molecule has 2 heterocycles. The summed E-state index contributed by atoms with van der Waals surface area (Å²) < 4.78 is 0. The predicted molar refractivity (Wildman–Crippen MR) is 253 cm³/mol. The van der Waals surface area contributed by atoms with Crippen molar-refractivity contribution in [3.8, 4) is 22.3 Å². The van der Waals surface area contributed by atoms with Crippen molar-refractivity contribution in [2.75, 3.05) is 9.80 Å². The van der Waals surface area contributed by atoms with Crippen molar-refractivity contribution < 1.29 is 0 Å². The van der Waals surface area contributed by atoms with Crippen molar-refractivity contribution in [2.24, 2.45) is 0 Å². The predicted octanol–water partition coefficient (Wildman–Crippen LogP) is 15.1. The van der Waals surface area contributed by atoms with Gasteiger partial charge in [-0.1, -0.05) is 141 Å². The Morgan fingerprint density at radius 3 is 1.78 bits per heavy atom. The molecule has 0 saturated carbocycles. The summed E-state index contributed by atoms with van der Waals surface area (Å²) in [6.45, 7) is 9.51. The third-order valence-electron chi connectivity index (χ3n) is 13.8. The van der Waals surface area contributed by atoms with Crippen molar-refractivity contribution >= 4 is 56.4 Å².